The molecule has 0 saturated carbocycles. The van der Waals surface area contributed by atoms with E-state index in [1.54, 1.807) is 0 Å². The van der Waals surface area contributed by atoms with Gasteiger partial charge in [-0.25, -0.2) is 0 Å². The van der Waals surface area contributed by atoms with Crippen molar-refractivity contribution in [2.75, 3.05) is 24.7 Å². The largest absolute Gasteiger partial charge is 0.384 e. The van der Waals surface area contributed by atoms with Gasteiger partial charge in [0.25, 0.3) is 0 Å². The van der Waals surface area contributed by atoms with E-state index in [9.17, 15) is 0 Å². The summed E-state index contributed by atoms with van der Waals surface area (Å²) in [6.45, 7) is 5.97. The fourth-order valence-corrected chi connectivity index (χ4v) is 7.82. The Bertz CT molecular complexity index is 196. The first kappa shape index (κ1) is 19.5. The molecule has 0 aromatic heterocycles. The first-order valence-corrected chi connectivity index (χ1v) is 13.3. The van der Waals surface area contributed by atoms with Crippen LogP contribution in [0.4, 0.5) is 0 Å². The standard InChI is InChI=1S/C10H30O2S2Si4/c1-3-11-9(15,16)5-7-13-14-8-6-10(17,18)12-4-2/h3-8H2,1-2,15-18H3. The molecule has 0 aromatic rings. The van der Waals surface area contributed by atoms with E-state index in [0.29, 0.717) is 9.70 Å². The van der Waals surface area contributed by atoms with Crippen LogP contribution in [0, 0.1) is 0 Å². The Morgan fingerprint density at radius 1 is 0.778 bits per heavy atom. The lowest BCUT2D eigenvalue weighted by atomic mass is 10.5. The van der Waals surface area contributed by atoms with E-state index in [1.165, 1.54) is 65.3 Å². The molecule has 0 aliphatic heterocycles. The normalized spacial score (nSPS) is 19.0. The van der Waals surface area contributed by atoms with Crippen LogP contribution in [0.2, 0.25) is 0 Å². The Morgan fingerprint density at radius 3 is 1.39 bits per heavy atom. The zero-order valence-electron chi connectivity index (χ0n) is 12.9. The van der Waals surface area contributed by atoms with Gasteiger partial charge in [0, 0.05) is 75.4 Å². The van der Waals surface area contributed by atoms with Gasteiger partial charge in [0.1, 0.15) is 0 Å². The highest BCUT2D eigenvalue weighted by molar-refractivity contribution is 8.76. The predicted octanol–water partition coefficient (Wildman–Crippen LogP) is -2.01. The molecule has 0 N–H and O–H groups in total. The summed E-state index contributed by atoms with van der Waals surface area (Å²) in [5, 5.41) is 0. The molecule has 0 spiro atoms. The molecule has 0 aromatic carbocycles. The van der Waals surface area contributed by atoms with Gasteiger partial charge < -0.3 is 9.47 Å². The van der Waals surface area contributed by atoms with E-state index in [0.717, 1.165) is 13.2 Å². The van der Waals surface area contributed by atoms with Crippen molar-refractivity contribution >= 4 is 62.6 Å². The van der Waals surface area contributed by atoms with E-state index in [-0.39, 0.29) is 0 Å². The van der Waals surface area contributed by atoms with Gasteiger partial charge in [-0.05, 0) is 26.7 Å². The van der Waals surface area contributed by atoms with Crippen LogP contribution in [0.3, 0.4) is 0 Å². The van der Waals surface area contributed by atoms with E-state index < -0.39 is 0 Å². The van der Waals surface area contributed by atoms with E-state index in [4.69, 9.17) is 9.47 Å². The maximum Gasteiger partial charge on any atom is 0.0435 e. The number of rotatable bonds is 11. The topological polar surface area (TPSA) is 18.5 Å². The SMILES string of the molecule is CCOC([SiH3])([SiH3])CCSSCCC([SiH3])([SiH3])OCC. The van der Waals surface area contributed by atoms with Crippen LogP contribution in [0.1, 0.15) is 26.7 Å². The summed E-state index contributed by atoms with van der Waals surface area (Å²) in [5.74, 6) is 2.48. The number of ether oxygens (including phenoxy) is 2. The minimum Gasteiger partial charge on any atom is -0.384 e. The summed E-state index contributed by atoms with van der Waals surface area (Å²) >= 11 is 0. The summed E-state index contributed by atoms with van der Waals surface area (Å²) in [7, 11) is 8.76. The van der Waals surface area contributed by atoms with Gasteiger partial charge in [0.2, 0.25) is 0 Å². The van der Waals surface area contributed by atoms with Crippen LogP contribution in [-0.4, -0.2) is 75.4 Å². The molecule has 0 heterocycles. The third-order valence-electron chi connectivity index (χ3n) is 2.73. The first-order chi connectivity index (χ1) is 8.33. The average molecular weight is 359 g/mol. The van der Waals surface area contributed by atoms with Gasteiger partial charge in [-0.3, -0.25) is 0 Å². The van der Waals surface area contributed by atoms with Crippen LogP contribution in [-0.2, 0) is 9.47 Å². The molecule has 0 bridgehead atoms. The van der Waals surface area contributed by atoms with Crippen molar-refractivity contribution in [3.05, 3.63) is 0 Å². The molecule has 110 valence electrons. The fraction of sp³-hybridized carbons (Fsp3) is 1.00. The number of hydrogen-bond donors (Lipinski definition) is 0. The van der Waals surface area contributed by atoms with Crippen LogP contribution in [0.25, 0.3) is 0 Å². The average Bonchev–Trinajstić information content (AvgIpc) is 2.22. The van der Waals surface area contributed by atoms with Crippen molar-refractivity contribution in [1.29, 1.82) is 0 Å². The molecular formula is C10H30O2S2Si4. The molecule has 18 heavy (non-hydrogen) atoms. The highest BCUT2D eigenvalue weighted by Crippen LogP contribution is 2.26. The maximum absolute atomic E-state index is 5.81. The highest BCUT2D eigenvalue weighted by Gasteiger charge is 2.18. The summed E-state index contributed by atoms with van der Waals surface area (Å²) in [4.78, 5) is 0.624. The smallest absolute Gasteiger partial charge is 0.0435 e. The van der Waals surface area contributed by atoms with Crippen molar-refractivity contribution in [2.24, 2.45) is 0 Å². The van der Waals surface area contributed by atoms with Crippen molar-refractivity contribution in [2.45, 2.75) is 36.4 Å². The third-order valence-corrected chi connectivity index (χ3v) is 8.29. The Kier molecular flexibility index (Phi) is 11.1. The van der Waals surface area contributed by atoms with E-state index in [1.807, 2.05) is 21.6 Å². The molecule has 0 saturated heterocycles. The predicted molar refractivity (Wildman–Crippen MR) is 103 cm³/mol. The van der Waals surface area contributed by atoms with Crippen molar-refractivity contribution in [1.82, 2.24) is 0 Å². The van der Waals surface area contributed by atoms with Gasteiger partial charge in [-0.15, -0.1) is 0 Å². The van der Waals surface area contributed by atoms with Crippen LogP contribution >= 0.6 is 21.6 Å². The van der Waals surface area contributed by atoms with Gasteiger partial charge in [0.15, 0.2) is 0 Å². The molecule has 0 aliphatic carbocycles. The molecule has 0 radical (unpaired) electrons. The van der Waals surface area contributed by atoms with Gasteiger partial charge in [0.05, 0.1) is 0 Å². The second-order valence-electron chi connectivity index (χ2n) is 5.53. The lowest BCUT2D eigenvalue weighted by Crippen LogP contribution is -2.34. The Morgan fingerprint density at radius 2 is 1.11 bits per heavy atom. The van der Waals surface area contributed by atoms with Crippen molar-refractivity contribution in [3.8, 4) is 0 Å². The highest BCUT2D eigenvalue weighted by atomic mass is 33.1. The second-order valence-corrected chi connectivity index (χ2v) is 20.7. The second kappa shape index (κ2) is 10.2. The monoisotopic (exact) mass is 358 g/mol. The molecule has 8 heteroatoms. The molecule has 0 unspecified atom stereocenters. The van der Waals surface area contributed by atoms with Gasteiger partial charge in [-0.2, -0.15) is 0 Å². The Balaban J connectivity index is 3.52. The number of hydrogen-bond acceptors (Lipinski definition) is 4. The van der Waals surface area contributed by atoms with Crippen LogP contribution < -0.4 is 0 Å². The molecule has 0 aliphatic rings. The van der Waals surface area contributed by atoms with Crippen molar-refractivity contribution in [3.63, 3.8) is 0 Å². The van der Waals surface area contributed by atoms with E-state index >= 15 is 0 Å². The quantitative estimate of drug-likeness (QED) is 0.241. The minimum absolute atomic E-state index is 0.312. The minimum atomic E-state index is 0.312. The summed E-state index contributed by atoms with van der Waals surface area (Å²) in [6.07, 6.45) is 2.49. The summed E-state index contributed by atoms with van der Waals surface area (Å²) in [5.41, 5.74) is 0. The fourth-order valence-electron chi connectivity index (χ4n) is 1.62. The maximum atomic E-state index is 5.81. The molecule has 2 nitrogen and oxygen atoms in total. The molecule has 0 fully saturated rings. The Hall–Kier alpha value is 1.49. The molecule has 0 amide bonds. The first-order valence-electron chi connectivity index (χ1n) is 6.85. The molecule has 0 atom stereocenters. The Labute approximate surface area is 133 Å². The lowest BCUT2D eigenvalue weighted by Gasteiger charge is -2.25. The third kappa shape index (κ3) is 11.3. The molecular weight excluding hydrogens is 329 g/mol. The van der Waals surface area contributed by atoms with Crippen LogP contribution in [0.15, 0.2) is 0 Å². The molecule has 0 rings (SSSR count). The van der Waals surface area contributed by atoms with Crippen molar-refractivity contribution < 1.29 is 9.47 Å². The zero-order chi connectivity index (χ0) is 14.1. The summed E-state index contributed by atoms with van der Waals surface area (Å²) in [6, 6.07) is 0. The lowest BCUT2D eigenvalue weighted by molar-refractivity contribution is 0.0859. The van der Waals surface area contributed by atoms with Gasteiger partial charge >= 0.3 is 0 Å². The van der Waals surface area contributed by atoms with Gasteiger partial charge in [-0.1, -0.05) is 21.6 Å². The van der Waals surface area contributed by atoms with E-state index in [2.05, 4.69) is 13.8 Å². The van der Waals surface area contributed by atoms with Crippen LogP contribution in [0.5, 0.6) is 0 Å². The summed E-state index contributed by atoms with van der Waals surface area (Å²) < 4.78 is 11.6. The zero-order valence-corrected chi connectivity index (χ0v) is 22.5.